The molecule has 1 atom stereocenters. The van der Waals surface area contributed by atoms with Gasteiger partial charge in [0.15, 0.2) is 6.10 Å². The van der Waals surface area contributed by atoms with Gasteiger partial charge in [-0.3, -0.25) is 0 Å². The number of carbonyl (C=O) groups is 2. The van der Waals surface area contributed by atoms with Crippen LogP contribution < -0.4 is 5.32 Å². The first-order chi connectivity index (χ1) is 12.5. The Morgan fingerprint density at radius 3 is 2.44 bits per heavy atom. The summed E-state index contributed by atoms with van der Waals surface area (Å²) >= 11 is 0. The third kappa shape index (κ3) is 8.77. The summed E-state index contributed by atoms with van der Waals surface area (Å²) in [5.74, 6) is -0.375. The average molecular weight is 381 g/mol. The Morgan fingerprint density at radius 1 is 1.22 bits per heavy atom. The number of benzene rings is 1. The highest BCUT2D eigenvalue weighted by Gasteiger charge is 2.23. The van der Waals surface area contributed by atoms with Crippen molar-refractivity contribution in [2.75, 3.05) is 6.61 Å². The third-order valence-electron chi connectivity index (χ3n) is 3.37. The van der Waals surface area contributed by atoms with E-state index in [1.807, 2.05) is 13.8 Å². The molecule has 0 heterocycles. The Hall–Kier alpha value is -2.28. The van der Waals surface area contributed by atoms with Crippen LogP contribution >= 0.6 is 0 Å². The number of phenolic OH excluding ortho intramolecular Hbond substituents is 1. The van der Waals surface area contributed by atoms with Gasteiger partial charge in [0, 0.05) is 18.5 Å². The molecule has 0 saturated heterocycles. The van der Waals surface area contributed by atoms with Crippen LogP contribution in [-0.4, -0.2) is 41.6 Å². The minimum absolute atomic E-state index is 0.0484. The van der Waals surface area contributed by atoms with E-state index in [0.29, 0.717) is 12.0 Å². The first kappa shape index (κ1) is 22.8. The van der Waals surface area contributed by atoms with Crippen molar-refractivity contribution in [2.24, 2.45) is 0 Å². The van der Waals surface area contributed by atoms with Gasteiger partial charge in [-0.15, -0.1) is 0 Å². The molecule has 2 N–H and O–H groups in total. The summed E-state index contributed by atoms with van der Waals surface area (Å²) in [5.41, 5.74) is 0.702. The first-order valence-electron chi connectivity index (χ1n) is 9.11. The fraction of sp³-hybridized carbons (Fsp3) is 0.600. The fourth-order valence-corrected chi connectivity index (χ4v) is 2.35. The molecular formula is C20H31NO6. The average Bonchev–Trinajstić information content (AvgIpc) is 2.52. The predicted octanol–water partition coefficient (Wildman–Crippen LogP) is 3.32. The number of hydrogen-bond acceptors (Lipinski definition) is 6. The zero-order valence-corrected chi connectivity index (χ0v) is 17.0. The van der Waals surface area contributed by atoms with Gasteiger partial charge in [-0.05, 0) is 53.2 Å². The first-order valence-corrected chi connectivity index (χ1v) is 9.11. The summed E-state index contributed by atoms with van der Waals surface area (Å²) < 4.78 is 15.9. The van der Waals surface area contributed by atoms with Crippen molar-refractivity contribution >= 4 is 12.1 Å². The van der Waals surface area contributed by atoms with Gasteiger partial charge in [-0.2, -0.15) is 0 Å². The number of esters is 1. The van der Waals surface area contributed by atoms with Crippen molar-refractivity contribution in [3.05, 3.63) is 29.3 Å². The lowest BCUT2D eigenvalue weighted by Gasteiger charge is -2.20. The fourth-order valence-electron chi connectivity index (χ4n) is 2.35. The summed E-state index contributed by atoms with van der Waals surface area (Å²) in [6.45, 7) is 11.1. The second-order valence-corrected chi connectivity index (χ2v) is 7.45. The predicted molar refractivity (Wildman–Crippen MR) is 102 cm³/mol. The molecule has 0 aliphatic carbocycles. The van der Waals surface area contributed by atoms with Crippen molar-refractivity contribution in [1.82, 2.24) is 5.32 Å². The van der Waals surface area contributed by atoms with Crippen molar-refractivity contribution in [3.8, 4) is 5.75 Å². The number of ether oxygens (including phenoxy) is 3. The Labute approximate surface area is 161 Å². The van der Waals surface area contributed by atoms with Crippen molar-refractivity contribution < 1.29 is 28.9 Å². The normalized spacial score (nSPS) is 12.6. The SMILES string of the molecule is CCOC(=O)C(Cc1ccc(O)c(CNC(=O)OC(C)(C)C)c1)OC(C)C. The van der Waals surface area contributed by atoms with Crippen LogP contribution in [-0.2, 0) is 32.0 Å². The van der Waals surface area contributed by atoms with Crippen LogP contribution in [0.3, 0.4) is 0 Å². The van der Waals surface area contributed by atoms with Crippen LogP contribution in [0.25, 0.3) is 0 Å². The number of aromatic hydroxyl groups is 1. The van der Waals surface area contributed by atoms with Crippen LogP contribution in [0.4, 0.5) is 4.79 Å². The largest absolute Gasteiger partial charge is 0.508 e. The standard InChI is InChI=1S/C20H31NO6/c1-7-25-18(23)17(26-13(2)3)11-14-8-9-16(22)15(10-14)12-21-19(24)27-20(4,5)6/h8-10,13,17,22H,7,11-12H2,1-6H3,(H,21,24). The molecule has 0 radical (unpaired) electrons. The molecule has 0 aromatic heterocycles. The number of alkyl carbamates (subject to hydrolysis) is 1. The van der Waals surface area contributed by atoms with Gasteiger partial charge in [0.2, 0.25) is 0 Å². The number of amides is 1. The lowest BCUT2D eigenvalue weighted by molar-refractivity contribution is -0.159. The van der Waals surface area contributed by atoms with E-state index in [-0.39, 0.29) is 25.0 Å². The smallest absolute Gasteiger partial charge is 0.407 e. The minimum Gasteiger partial charge on any atom is -0.508 e. The van der Waals surface area contributed by atoms with Gasteiger partial charge in [-0.25, -0.2) is 9.59 Å². The quantitative estimate of drug-likeness (QED) is 0.671. The van der Waals surface area contributed by atoms with Gasteiger partial charge in [0.25, 0.3) is 0 Å². The second-order valence-electron chi connectivity index (χ2n) is 7.45. The minimum atomic E-state index is -0.735. The van der Waals surface area contributed by atoms with Crippen LogP contribution in [0.15, 0.2) is 18.2 Å². The summed E-state index contributed by atoms with van der Waals surface area (Å²) in [4.78, 5) is 23.9. The maximum atomic E-state index is 12.1. The molecule has 152 valence electrons. The van der Waals surface area contributed by atoms with Crippen LogP contribution in [0, 0.1) is 0 Å². The summed E-state index contributed by atoms with van der Waals surface area (Å²) in [5, 5.41) is 12.6. The molecular weight excluding hydrogens is 350 g/mol. The lowest BCUT2D eigenvalue weighted by atomic mass is 10.0. The van der Waals surface area contributed by atoms with Crippen LogP contribution in [0.1, 0.15) is 52.7 Å². The number of rotatable bonds is 8. The molecule has 27 heavy (non-hydrogen) atoms. The zero-order valence-electron chi connectivity index (χ0n) is 17.0. The summed E-state index contributed by atoms with van der Waals surface area (Å²) in [7, 11) is 0. The van der Waals surface area contributed by atoms with E-state index in [2.05, 4.69) is 5.32 Å². The summed E-state index contributed by atoms with van der Waals surface area (Å²) in [6, 6.07) is 4.96. The van der Waals surface area contributed by atoms with Gasteiger partial charge in [-0.1, -0.05) is 12.1 Å². The topological polar surface area (TPSA) is 94.1 Å². The molecule has 0 aliphatic rings. The highest BCUT2D eigenvalue weighted by Crippen LogP contribution is 2.21. The molecule has 0 bridgehead atoms. The molecule has 1 unspecified atom stereocenters. The molecule has 7 nitrogen and oxygen atoms in total. The Balaban J connectivity index is 2.83. The van der Waals surface area contributed by atoms with Crippen LogP contribution in [0.5, 0.6) is 5.75 Å². The molecule has 1 amide bonds. The number of nitrogens with one attached hydrogen (secondary N) is 1. The molecule has 1 rings (SSSR count). The molecule has 7 heteroatoms. The van der Waals surface area contributed by atoms with E-state index < -0.39 is 23.8 Å². The number of phenols is 1. The van der Waals surface area contributed by atoms with Crippen molar-refractivity contribution in [3.63, 3.8) is 0 Å². The van der Waals surface area contributed by atoms with E-state index in [4.69, 9.17) is 14.2 Å². The molecule has 1 aromatic carbocycles. The molecule has 0 aliphatic heterocycles. The Morgan fingerprint density at radius 2 is 1.89 bits per heavy atom. The van der Waals surface area contributed by atoms with E-state index in [1.165, 1.54) is 6.07 Å². The third-order valence-corrected chi connectivity index (χ3v) is 3.37. The highest BCUT2D eigenvalue weighted by atomic mass is 16.6. The van der Waals surface area contributed by atoms with Crippen molar-refractivity contribution in [2.45, 2.75) is 72.3 Å². The maximum absolute atomic E-state index is 12.1. The molecule has 0 saturated carbocycles. The Bertz CT molecular complexity index is 636. The van der Waals surface area contributed by atoms with Crippen LogP contribution in [0.2, 0.25) is 0 Å². The van der Waals surface area contributed by atoms with Gasteiger partial charge in [0.05, 0.1) is 12.7 Å². The molecule has 0 spiro atoms. The number of carbonyl (C=O) groups excluding carboxylic acids is 2. The van der Waals surface area contributed by atoms with Crippen molar-refractivity contribution in [1.29, 1.82) is 0 Å². The molecule has 0 fully saturated rings. The molecule has 1 aromatic rings. The van der Waals surface area contributed by atoms with E-state index >= 15 is 0 Å². The maximum Gasteiger partial charge on any atom is 0.407 e. The van der Waals surface area contributed by atoms with E-state index in [1.54, 1.807) is 39.8 Å². The Kier molecular flexibility index (Phi) is 8.56. The van der Waals surface area contributed by atoms with E-state index in [9.17, 15) is 14.7 Å². The lowest BCUT2D eigenvalue weighted by Crippen LogP contribution is -2.32. The second kappa shape index (κ2) is 10.2. The number of hydrogen-bond donors (Lipinski definition) is 2. The van der Waals surface area contributed by atoms with Gasteiger partial charge >= 0.3 is 12.1 Å². The monoisotopic (exact) mass is 381 g/mol. The highest BCUT2D eigenvalue weighted by molar-refractivity contribution is 5.75. The van der Waals surface area contributed by atoms with Gasteiger partial charge in [0.1, 0.15) is 11.4 Å². The zero-order chi connectivity index (χ0) is 20.6. The van der Waals surface area contributed by atoms with Gasteiger partial charge < -0.3 is 24.6 Å². The summed E-state index contributed by atoms with van der Waals surface area (Å²) in [6.07, 6.45) is -1.14. The van der Waals surface area contributed by atoms with E-state index in [0.717, 1.165) is 5.56 Å².